The van der Waals surface area contributed by atoms with Gasteiger partial charge in [-0.15, -0.1) is 11.3 Å². The summed E-state index contributed by atoms with van der Waals surface area (Å²) in [5, 5.41) is 14.3. The minimum absolute atomic E-state index is 0.155. The molecule has 2 amide bonds. The lowest BCUT2D eigenvalue weighted by molar-refractivity contribution is -0.129. The SMILES string of the molecule is O=C(CN1C(=O)/C(=C\c2cccs2)SC1=S)NC(CO)Cc1ccccc1. The van der Waals surface area contributed by atoms with Crippen molar-refractivity contribution < 1.29 is 14.7 Å². The van der Waals surface area contributed by atoms with Crippen LogP contribution in [0.1, 0.15) is 10.4 Å². The molecule has 27 heavy (non-hydrogen) atoms. The van der Waals surface area contributed by atoms with Gasteiger partial charge in [0.25, 0.3) is 5.91 Å². The van der Waals surface area contributed by atoms with E-state index in [2.05, 4.69) is 5.32 Å². The van der Waals surface area contributed by atoms with Crippen LogP contribution < -0.4 is 5.32 Å². The summed E-state index contributed by atoms with van der Waals surface area (Å²) in [6.07, 6.45) is 2.30. The van der Waals surface area contributed by atoms with Crippen LogP contribution in [-0.4, -0.2) is 45.3 Å². The Kier molecular flexibility index (Phi) is 6.78. The maximum absolute atomic E-state index is 12.5. The molecule has 1 aliphatic heterocycles. The Bertz CT molecular complexity index is 850. The molecular formula is C19H18N2O3S3. The topological polar surface area (TPSA) is 69.6 Å². The van der Waals surface area contributed by atoms with Gasteiger partial charge in [-0.3, -0.25) is 14.5 Å². The lowest BCUT2D eigenvalue weighted by Gasteiger charge is -2.19. The molecule has 0 radical (unpaired) electrons. The van der Waals surface area contributed by atoms with Crippen LogP contribution in [0.4, 0.5) is 0 Å². The zero-order valence-electron chi connectivity index (χ0n) is 14.3. The van der Waals surface area contributed by atoms with Crippen LogP contribution in [0.25, 0.3) is 6.08 Å². The van der Waals surface area contributed by atoms with Crippen LogP contribution >= 0.6 is 35.3 Å². The second kappa shape index (κ2) is 9.27. The van der Waals surface area contributed by atoms with Crippen molar-refractivity contribution in [3.8, 4) is 0 Å². The Labute approximate surface area is 171 Å². The summed E-state index contributed by atoms with van der Waals surface area (Å²) in [6, 6.07) is 13.0. The lowest BCUT2D eigenvalue weighted by Crippen LogP contribution is -2.45. The van der Waals surface area contributed by atoms with Crippen molar-refractivity contribution in [3.05, 3.63) is 63.2 Å². The number of thioether (sulfide) groups is 1. The second-order valence-electron chi connectivity index (χ2n) is 5.92. The number of amides is 2. The minimum Gasteiger partial charge on any atom is -0.394 e. The van der Waals surface area contributed by atoms with Gasteiger partial charge in [0.2, 0.25) is 5.91 Å². The Morgan fingerprint density at radius 1 is 1.26 bits per heavy atom. The summed E-state index contributed by atoms with van der Waals surface area (Å²) >= 11 is 7.98. The van der Waals surface area contributed by atoms with Gasteiger partial charge >= 0.3 is 0 Å². The van der Waals surface area contributed by atoms with E-state index in [0.717, 1.165) is 10.4 Å². The third-order valence-electron chi connectivity index (χ3n) is 3.90. The number of nitrogens with zero attached hydrogens (tertiary/aromatic N) is 1. The number of carbonyl (C=O) groups excluding carboxylic acids is 2. The first-order chi connectivity index (χ1) is 13.1. The van der Waals surface area contributed by atoms with E-state index in [1.165, 1.54) is 28.0 Å². The van der Waals surface area contributed by atoms with Crippen LogP contribution in [0.3, 0.4) is 0 Å². The first-order valence-corrected chi connectivity index (χ1v) is 10.4. The van der Waals surface area contributed by atoms with Crippen molar-refractivity contribution in [2.24, 2.45) is 0 Å². The number of thiophene rings is 1. The molecule has 1 unspecified atom stereocenters. The van der Waals surface area contributed by atoms with Crippen molar-refractivity contribution in [1.29, 1.82) is 0 Å². The average molecular weight is 419 g/mol. The van der Waals surface area contributed by atoms with Crippen molar-refractivity contribution in [2.45, 2.75) is 12.5 Å². The fourth-order valence-corrected chi connectivity index (χ4v) is 4.59. The zero-order chi connectivity index (χ0) is 19.2. The molecule has 2 heterocycles. The van der Waals surface area contributed by atoms with Crippen molar-refractivity contribution in [3.63, 3.8) is 0 Å². The van der Waals surface area contributed by atoms with E-state index in [9.17, 15) is 14.7 Å². The molecule has 1 aromatic carbocycles. The standard InChI is InChI=1S/C19H18N2O3S3/c22-12-14(9-13-5-2-1-3-6-13)20-17(23)11-21-18(24)16(27-19(21)25)10-15-7-4-8-26-15/h1-8,10,14,22H,9,11-12H2,(H,20,23)/b16-10+. The fourth-order valence-electron chi connectivity index (χ4n) is 2.62. The normalized spacial score (nSPS) is 16.8. The average Bonchev–Trinajstić information content (AvgIpc) is 3.26. The molecule has 2 aromatic rings. The zero-order valence-corrected chi connectivity index (χ0v) is 16.8. The first kappa shape index (κ1) is 19.8. The number of benzene rings is 1. The van der Waals surface area contributed by atoms with Gasteiger partial charge in [0, 0.05) is 4.88 Å². The third kappa shape index (κ3) is 5.26. The molecule has 140 valence electrons. The van der Waals surface area contributed by atoms with E-state index in [1.807, 2.05) is 47.8 Å². The molecule has 0 saturated carbocycles. The molecule has 1 atom stereocenters. The van der Waals surface area contributed by atoms with Gasteiger partial charge in [0.05, 0.1) is 17.6 Å². The van der Waals surface area contributed by atoms with E-state index in [-0.39, 0.29) is 25.0 Å². The predicted molar refractivity (Wildman–Crippen MR) is 113 cm³/mol. The highest BCUT2D eigenvalue weighted by molar-refractivity contribution is 8.26. The molecule has 1 aliphatic rings. The number of thiocarbonyl (C=S) groups is 1. The number of nitrogens with one attached hydrogen (secondary N) is 1. The molecule has 0 bridgehead atoms. The summed E-state index contributed by atoms with van der Waals surface area (Å²) < 4.78 is 0.363. The third-order valence-corrected chi connectivity index (χ3v) is 6.10. The summed E-state index contributed by atoms with van der Waals surface area (Å²) in [5.41, 5.74) is 1.02. The molecule has 1 saturated heterocycles. The van der Waals surface area contributed by atoms with Gasteiger partial charge in [-0.05, 0) is 29.5 Å². The Morgan fingerprint density at radius 3 is 2.70 bits per heavy atom. The first-order valence-electron chi connectivity index (χ1n) is 8.30. The maximum Gasteiger partial charge on any atom is 0.266 e. The second-order valence-corrected chi connectivity index (χ2v) is 8.58. The quantitative estimate of drug-likeness (QED) is 0.534. The summed E-state index contributed by atoms with van der Waals surface area (Å²) in [6.45, 7) is -0.338. The van der Waals surface area contributed by atoms with Gasteiger partial charge in [-0.2, -0.15) is 0 Å². The Hall–Kier alpha value is -2.00. The Balaban J connectivity index is 1.59. The summed E-state index contributed by atoms with van der Waals surface area (Å²) in [5.74, 6) is -0.615. The number of aliphatic hydroxyl groups is 1. The fraction of sp³-hybridized carbons (Fsp3) is 0.211. The van der Waals surface area contributed by atoms with Gasteiger partial charge in [0.1, 0.15) is 10.9 Å². The van der Waals surface area contributed by atoms with Crippen molar-refractivity contribution in [1.82, 2.24) is 10.2 Å². The number of carbonyl (C=O) groups is 2. The maximum atomic E-state index is 12.5. The highest BCUT2D eigenvalue weighted by atomic mass is 32.2. The highest BCUT2D eigenvalue weighted by Crippen LogP contribution is 2.33. The van der Waals surface area contributed by atoms with Crippen molar-refractivity contribution in [2.75, 3.05) is 13.2 Å². The van der Waals surface area contributed by atoms with Crippen LogP contribution in [0, 0.1) is 0 Å². The molecule has 1 fully saturated rings. The Morgan fingerprint density at radius 2 is 2.04 bits per heavy atom. The van der Waals surface area contributed by atoms with E-state index in [1.54, 1.807) is 6.08 Å². The van der Waals surface area contributed by atoms with Crippen molar-refractivity contribution >= 4 is 57.5 Å². The summed E-state index contributed by atoms with van der Waals surface area (Å²) in [4.78, 5) is 27.7. The molecule has 3 rings (SSSR count). The summed E-state index contributed by atoms with van der Waals surface area (Å²) in [7, 11) is 0. The molecule has 0 spiro atoms. The van der Waals surface area contributed by atoms with Crippen LogP contribution in [0.5, 0.6) is 0 Å². The van der Waals surface area contributed by atoms with Crippen LogP contribution in [0.15, 0.2) is 52.7 Å². The molecule has 0 aliphatic carbocycles. The molecular weight excluding hydrogens is 400 g/mol. The predicted octanol–water partition coefficient (Wildman–Crippen LogP) is 2.67. The highest BCUT2D eigenvalue weighted by Gasteiger charge is 2.33. The molecule has 5 nitrogen and oxygen atoms in total. The van der Waals surface area contributed by atoms with Gasteiger partial charge < -0.3 is 10.4 Å². The molecule has 1 aromatic heterocycles. The van der Waals surface area contributed by atoms with E-state index in [4.69, 9.17) is 12.2 Å². The van der Waals surface area contributed by atoms with E-state index in [0.29, 0.717) is 15.6 Å². The van der Waals surface area contributed by atoms with Gasteiger partial charge in [0.15, 0.2) is 0 Å². The smallest absolute Gasteiger partial charge is 0.266 e. The number of hydrogen-bond donors (Lipinski definition) is 2. The van der Waals surface area contributed by atoms with E-state index < -0.39 is 6.04 Å². The largest absolute Gasteiger partial charge is 0.394 e. The number of rotatable bonds is 7. The van der Waals surface area contributed by atoms with Gasteiger partial charge in [-0.1, -0.05) is 60.4 Å². The van der Waals surface area contributed by atoms with Gasteiger partial charge in [-0.25, -0.2) is 0 Å². The monoisotopic (exact) mass is 418 g/mol. The molecule has 2 N–H and O–H groups in total. The van der Waals surface area contributed by atoms with Crippen LogP contribution in [-0.2, 0) is 16.0 Å². The van der Waals surface area contributed by atoms with E-state index >= 15 is 0 Å². The molecule has 8 heteroatoms. The lowest BCUT2D eigenvalue weighted by atomic mass is 10.1. The number of hydrogen-bond acceptors (Lipinski definition) is 6. The van der Waals surface area contributed by atoms with Crippen LogP contribution in [0.2, 0.25) is 0 Å². The minimum atomic E-state index is -0.417. The number of aliphatic hydroxyl groups excluding tert-OH is 1.